The summed E-state index contributed by atoms with van der Waals surface area (Å²) >= 11 is 6.09. The maximum atomic E-state index is 13.0. The number of fused-ring (bicyclic) bond motifs is 1. The van der Waals surface area contributed by atoms with Gasteiger partial charge in [0.05, 0.1) is 0 Å². The van der Waals surface area contributed by atoms with Gasteiger partial charge in [0.2, 0.25) is 0 Å². The first-order chi connectivity index (χ1) is 12.2. The zero-order valence-electron chi connectivity index (χ0n) is 14.2. The molecule has 0 bridgehead atoms. The number of hydrogen-bond acceptors (Lipinski definition) is 2. The number of hydrogen-bond donors (Lipinski definition) is 0. The summed E-state index contributed by atoms with van der Waals surface area (Å²) in [4.78, 5) is 19.2. The minimum atomic E-state index is 0.137. The lowest BCUT2D eigenvalue weighted by Gasteiger charge is -2.40. The molecular weight excluding hydrogens is 334 g/mol. The molecule has 130 valence electrons. The summed E-state index contributed by atoms with van der Waals surface area (Å²) in [7, 11) is 0. The number of amides is 2. The van der Waals surface area contributed by atoms with Crippen LogP contribution in [0.2, 0.25) is 5.02 Å². The number of nitrogens with zero attached hydrogens (tertiary/aromatic N) is 3. The van der Waals surface area contributed by atoms with Gasteiger partial charge in [-0.1, -0.05) is 35.9 Å². The van der Waals surface area contributed by atoms with Gasteiger partial charge >= 0.3 is 6.03 Å². The fraction of sp³-hybridized carbons (Fsp3) is 0.350. The molecule has 2 aromatic rings. The second kappa shape index (κ2) is 6.96. The average Bonchev–Trinajstić information content (AvgIpc) is 2.67. The number of carbonyl (C=O) groups excluding carboxylic acids is 1. The van der Waals surface area contributed by atoms with Crippen LogP contribution in [0, 0.1) is 0 Å². The van der Waals surface area contributed by atoms with Crippen molar-refractivity contribution < 1.29 is 4.79 Å². The van der Waals surface area contributed by atoms with Gasteiger partial charge in [-0.05, 0) is 42.7 Å². The van der Waals surface area contributed by atoms with E-state index in [0.717, 1.165) is 62.0 Å². The number of anilines is 2. The molecule has 1 saturated heterocycles. The van der Waals surface area contributed by atoms with Gasteiger partial charge in [-0.15, -0.1) is 0 Å². The molecule has 0 radical (unpaired) electrons. The highest BCUT2D eigenvalue weighted by Crippen LogP contribution is 2.28. The topological polar surface area (TPSA) is 26.8 Å². The highest BCUT2D eigenvalue weighted by atomic mass is 35.5. The van der Waals surface area contributed by atoms with Crippen LogP contribution in [-0.2, 0) is 6.42 Å². The number of halogens is 1. The molecular formula is C20H22ClN3O. The normalized spacial score (nSPS) is 17.4. The van der Waals surface area contributed by atoms with E-state index in [0.29, 0.717) is 0 Å². The van der Waals surface area contributed by atoms with Gasteiger partial charge in [-0.3, -0.25) is 4.90 Å². The van der Waals surface area contributed by atoms with Crippen LogP contribution >= 0.6 is 11.6 Å². The molecule has 4 nitrogen and oxygen atoms in total. The molecule has 4 rings (SSSR count). The van der Waals surface area contributed by atoms with Crippen molar-refractivity contribution in [2.24, 2.45) is 0 Å². The summed E-state index contributed by atoms with van der Waals surface area (Å²) in [5, 5.41) is 0.751. The van der Waals surface area contributed by atoms with Gasteiger partial charge in [0, 0.05) is 49.1 Å². The summed E-state index contributed by atoms with van der Waals surface area (Å²) in [6.07, 6.45) is 2.09. The predicted octanol–water partition coefficient (Wildman–Crippen LogP) is 4.03. The second-order valence-corrected chi connectivity index (χ2v) is 7.06. The Hall–Kier alpha value is -2.20. The zero-order valence-corrected chi connectivity index (χ0v) is 15.0. The van der Waals surface area contributed by atoms with Crippen molar-refractivity contribution in [1.29, 1.82) is 0 Å². The molecule has 0 atom stereocenters. The molecule has 1 fully saturated rings. The first-order valence-corrected chi connectivity index (χ1v) is 9.25. The average molecular weight is 356 g/mol. The summed E-state index contributed by atoms with van der Waals surface area (Å²) < 4.78 is 0. The van der Waals surface area contributed by atoms with Gasteiger partial charge in [-0.25, -0.2) is 4.79 Å². The van der Waals surface area contributed by atoms with Crippen molar-refractivity contribution in [3.8, 4) is 0 Å². The standard InChI is InChI=1S/C20H22ClN3O/c21-17-7-3-8-18(15-17)22-11-13-23(14-12-22)20(25)24-10-4-6-16-5-1-2-9-19(16)24/h1-3,5,7-9,15H,4,6,10-14H2. The van der Waals surface area contributed by atoms with Crippen LogP contribution in [0.5, 0.6) is 0 Å². The minimum Gasteiger partial charge on any atom is -0.368 e. The van der Waals surface area contributed by atoms with Gasteiger partial charge < -0.3 is 9.80 Å². The van der Waals surface area contributed by atoms with Crippen LogP contribution in [0.15, 0.2) is 48.5 Å². The lowest BCUT2D eigenvalue weighted by molar-refractivity contribution is 0.200. The SMILES string of the molecule is O=C(N1CCN(c2cccc(Cl)c2)CC1)N1CCCc2ccccc21. The van der Waals surface area contributed by atoms with Gasteiger partial charge in [-0.2, -0.15) is 0 Å². The van der Waals surface area contributed by atoms with Crippen molar-refractivity contribution in [2.45, 2.75) is 12.8 Å². The molecule has 0 unspecified atom stereocenters. The van der Waals surface area contributed by atoms with E-state index in [2.05, 4.69) is 29.2 Å². The first kappa shape index (κ1) is 16.3. The van der Waals surface area contributed by atoms with Gasteiger partial charge in [0.15, 0.2) is 0 Å². The third kappa shape index (κ3) is 3.31. The molecule has 2 amide bonds. The number of urea groups is 1. The third-order valence-corrected chi connectivity index (χ3v) is 5.30. The lowest BCUT2D eigenvalue weighted by atomic mass is 10.0. The summed E-state index contributed by atoms with van der Waals surface area (Å²) in [5.74, 6) is 0. The van der Waals surface area contributed by atoms with Crippen molar-refractivity contribution in [2.75, 3.05) is 42.5 Å². The van der Waals surface area contributed by atoms with Crippen LogP contribution in [0.4, 0.5) is 16.2 Å². The molecule has 2 aliphatic rings. The van der Waals surface area contributed by atoms with Crippen molar-refractivity contribution in [3.05, 3.63) is 59.1 Å². The van der Waals surface area contributed by atoms with Crippen LogP contribution < -0.4 is 9.80 Å². The molecule has 0 N–H and O–H groups in total. The molecule has 2 heterocycles. The number of para-hydroxylation sites is 1. The number of rotatable bonds is 1. The van der Waals surface area contributed by atoms with Crippen LogP contribution in [-0.4, -0.2) is 43.7 Å². The van der Waals surface area contributed by atoms with E-state index in [1.807, 2.05) is 34.1 Å². The van der Waals surface area contributed by atoms with E-state index < -0.39 is 0 Å². The zero-order chi connectivity index (χ0) is 17.2. The van der Waals surface area contributed by atoms with E-state index in [-0.39, 0.29) is 6.03 Å². The third-order valence-electron chi connectivity index (χ3n) is 5.06. The summed E-state index contributed by atoms with van der Waals surface area (Å²) in [6.45, 7) is 3.96. The molecule has 0 saturated carbocycles. The Labute approximate surface area is 153 Å². The van der Waals surface area contributed by atoms with Crippen LogP contribution in [0.1, 0.15) is 12.0 Å². The Morgan fingerprint density at radius 2 is 1.72 bits per heavy atom. The van der Waals surface area contributed by atoms with E-state index in [4.69, 9.17) is 11.6 Å². The molecule has 0 spiro atoms. The van der Waals surface area contributed by atoms with E-state index in [1.165, 1.54) is 5.56 Å². The van der Waals surface area contributed by atoms with Gasteiger partial charge in [0.1, 0.15) is 0 Å². The molecule has 25 heavy (non-hydrogen) atoms. The Kier molecular flexibility index (Phi) is 4.53. The number of benzene rings is 2. The molecule has 2 aromatic carbocycles. The van der Waals surface area contributed by atoms with Crippen molar-refractivity contribution in [3.63, 3.8) is 0 Å². The van der Waals surface area contributed by atoms with Crippen molar-refractivity contribution >= 4 is 29.0 Å². The Balaban J connectivity index is 1.44. The number of aryl methyl sites for hydroxylation is 1. The summed E-state index contributed by atoms with van der Waals surface area (Å²) in [5.41, 5.74) is 3.48. The fourth-order valence-electron chi connectivity index (χ4n) is 3.73. The van der Waals surface area contributed by atoms with Crippen molar-refractivity contribution in [1.82, 2.24) is 4.90 Å². The van der Waals surface area contributed by atoms with E-state index >= 15 is 0 Å². The maximum absolute atomic E-state index is 13.0. The van der Waals surface area contributed by atoms with E-state index in [1.54, 1.807) is 0 Å². The Morgan fingerprint density at radius 1 is 0.920 bits per heavy atom. The minimum absolute atomic E-state index is 0.137. The number of carbonyl (C=O) groups is 1. The van der Waals surface area contributed by atoms with E-state index in [9.17, 15) is 4.79 Å². The highest BCUT2D eigenvalue weighted by molar-refractivity contribution is 6.30. The monoisotopic (exact) mass is 355 g/mol. The first-order valence-electron chi connectivity index (χ1n) is 8.87. The fourth-order valence-corrected chi connectivity index (χ4v) is 3.92. The smallest absolute Gasteiger partial charge is 0.324 e. The lowest BCUT2D eigenvalue weighted by Crippen LogP contribution is -2.53. The quantitative estimate of drug-likeness (QED) is 0.772. The largest absolute Gasteiger partial charge is 0.368 e. The summed E-state index contributed by atoms with van der Waals surface area (Å²) in [6, 6.07) is 16.3. The second-order valence-electron chi connectivity index (χ2n) is 6.62. The van der Waals surface area contributed by atoms with Gasteiger partial charge in [0.25, 0.3) is 0 Å². The maximum Gasteiger partial charge on any atom is 0.324 e. The van der Waals surface area contributed by atoms with Crippen LogP contribution in [0.3, 0.4) is 0 Å². The molecule has 2 aliphatic heterocycles. The molecule has 5 heteroatoms. The number of piperazine rings is 1. The highest BCUT2D eigenvalue weighted by Gasteiger charge is 2.28. The Morgan fingerprint density at radius 3 is 2.52 bits per heavy atom. The molecule has 0 aliphatic carbocycles. The Bertz CT molecular complexity index is 771. The predicted molar refractivity (Wildman–Crippen MR) is 103 cm³/mol. The van der Waals surface area contributed by atoms with Crippen LogP contribution in [0.25, 0.3) is 0 Å². The molecule has 0 aromatic heterocycles.